The molecular formula is C24H27FN4O2. The maximum absolute atomic E-state index is 13.7. The number of nitriles is 1. The molecule has 4 rings (SSSR count). The van der Waals surface area contributed by atoms with Gasteiger partial charge in [0.05, 0.1) is 11.6 Å². The van der Waals surface area contributed by atoms with Gasteiger partial charge < -0.3 is 14.5 Å². The minimum Gasteiger partial charge on any atom is -0.446 e. The Labute approximate surface area is 182 Å². The first-order valence-corrected chi connectivity index (χ1v) is 10.8. The molecule has 2 heterocycles. The maximum atomic E-state index is 13.7. The average Bonchev–Trinajstić information content (AvgIpc) is 2.80. The van der Waals surface area contributed by atoms with E-state index in [1.165, 1.54) is 17.7 Å². The first-order valence-electron chi connectivity index (χ1n) is 10.8. The Morgan fingerprint density at radius 1 is 1.03 bits per heavy atom. The van der Waals surface area contributed by atoms with E-state index >= 15 is 0 Å². The van der Waals surface area contributed by atoms with Gasteiger partial charge in [-0.3, -0.25) is 4.90 Å². The molecule has 162 valence electrons. The molecule has 1 amide bonds. The number of nitrogens with zero attached hydrogens (tertiary/aromatic N) is 4. The lowest BCUT2D eigenvalue weighted by Crippen LogP contribution is -2.50. The summed E-state index contributed by atoms with van der Waals surface area (Å²) in [5.41, 5.74) is 2.28. The number of carbonyl (C=O) groups excluding carboxylic acids is 1. The highest BCUT2D eigenvalue weighted by Gasteiger charge is 2.27. The van der Waals surface area contributed by atoms with Crippen molar-refractivity contribution in [1.29, 1.82) is 5.26 Å². The number of likely N-dealkylation sites (tertiary alicyclic amines) is 1. The molecule has 0 spiro atoms. The predicted molar refractivity (Wildman–Crippen MR) is 116 cm³/mol. The molecule has 6 nitrogen and oxygen atoms in total. The number of ether oxygens (including phenoxy) is 1. The second kappa shape index (κ2) is 9.80. The molecule has 7 heteroatoms. The van der Waals surface area contributed by atoms with Gasteiger partial charge in [0.25, 0.3) is 0 Å². The summed E-state index contributed by atoms with van der Waals surface area (Å²) < 4.78 is 19.5. The molecule has 2 saturated heterocycles. The van der Waals surface area contributed by atoms with Crippen LogP contribution in [0.1, 0.15) is 24.0 Å². The molecule has 0 bridgehead atoms. The quantitative estimate of drug-likeness (QED) is 0.753. The number of carbonyl (C=O) groups is 1. The van der Waals surface area contributed by atoms with Crippen LogP contribution < -0.4 is 4.90 Å². The molecule has 2 aromatic rings. The second-order valence-electron chi connectivity index (χ2n) is 8.13. The molecule has 2 aliphatic heterocycles. The summed E-state index contributed by atoms with van der Waals surface area (Å²) in [6.45, 7) is 4.96. The molecule has 0 atom stereocenters. The Hall–Kier alpha value is -3.11. The summed E-state index contributed by atoms with van der Waals surface area (Å²) in [5, 5.41) is 9.04. The van der Waals surface area contributed by atoms with Gasteiger partial charge in [0.2, 0.25) is 0 Å². The fraction of sp³-hybridized carbons (Fsp3) is 0.417. The van der Waals surface area contributed by atoms with Crippen molar-refractivity contribution in [3.05, 3.63) is 65.5 Å². The standard InChI is InChI=1S/C24H27FN4O2/c25-21-14-20(17-26)15-22(16-21)28-10-12-29(13-11-28)24(30)31-23-6-8-27(9-7-23)18-19-4-2-1-3-5-19/h1-5,14-16,23H,6-13,18H2. The number of benzene rings is 2. The van der Waals surface area contributed by atoms with Crippen molar-refractivity contribution in [1.82, 2.24) is 9.80 Å². The Balaban J connectivity index is 1.22. The Bertz CT molecular complexity index is 930. The van der Waals surface area contributed by atoms with Crippen molar-refractivity contribution >= 4 is 11.8 Å². The first-order chi connectivity index (χ1) is 15.1. The van der Waals surface area contributed by atoms with E-state index in [1.807, 2.05) is 17.0 Å². The molecule has 0 aliphatic carbocycles. The summed E-state index contributed by atoms with van der Waals surface area (Å²) in [5.74, 6) is -0.422. The monoisotopic (exact) mass is 422 g/mol. The van der Waals surface area contributed by atoms with Gasteiger partial charge in [-0.1, -0.05) is 30.3 Å². The van der Waals surface area contributed by atoms with E-state index in [9.17, 15) is 9.18 Å². The lowest BCUT2D eigenvalue weighted by molar-refractivity contribution is 0.0261. The van der Waals surface area contributed by atoms with Gasteiger partial charge in [-0.05, 0) is 36.6 Å². The van der Waals surface area contributed by atoms with Crippen molar-refractivity contribution in [3.8, 4) is 6.07 Å². The second-order valence-corrected chi connectivity index (χ2v) is 8.13. The number of halogens is 1. The molecule has 0 saturated carbocycles. The molecular weight excluding hydrogens is 395 g/mol. The van der Waals surface area contributed by atoms with E-state index in [4.69, 9.17) is 10.00 Å². The molecule has 0 radical (unpaired) electrons. The third kappa shape index (κ3) is 5.53. The average molecular weight is 423 g/mol. The Morgan fingerprint density at radius 3 is 2.42 bits per heavy atom. The van der Waals surface area contributed by atoms with Crippen LogP contribution in [0.4, 0.5) is 14.9 Å². The van der Waals surface area contributed by atoms with Crippen molar-refractivity contribution in [3.63, 3.8) is 0 Å². The highest BCUT2D eigenvalue weighted by atomic mass is 19.1. The highest BCUT2D eigenvalue weighted by Crippen LogP contribution is 2.21. The fourth-order valence-corrected chi connectivity index (χ4v) is 4.21. The van der Waals surface area contributed by atoms with Crippen LogP contribution in [0.25, 0.3) is 0 Å². The molecule has 0 unspecified atom stereocenters. The normalized spacial score (nSPS) is 17.9. The number of hydrogen-bond donors (Lipinski definition) is 0. The molecule has 0 N–H and O–H groups in total. The van der Waals surface area contributed by atoms with Crippen LogP contribution in [0.15, 0.2) is 48.5 Å². The van der Waals surface area contributed by atoms with Crippen molar-refractivity contribution in [2.75, 3.05) is 44.2 Å². The van der Waals surface area contributed by atoms with E-state index in [2.05, 4.69) is 29.2 Å². The number of piperidine rings is 1. The summed E-state index contributed by atoms with van der Waals surface area (Å²) >= 11 is 0. The van der Waals surface area contributed by atoms with E-state index in [-0.39, 0.29) is 12.2 Å². The van der Waals surface area contributed by atoms with Crippen LogP contribution in [-0.2, 0) is 11.3 Å². The maximum Gasteiger partial charge on any atom is 0.410 e. The minimum absolute atomic E-state index is 0.0426. The molecule has 2 aliphatic rings. The van der Waals surface area contributed by atoms with E-state index < -0.39 is 5.82 Å². The Kier molecular flexibility index (Phi) is 6.68. The van der Waals surface area contributed by atoms with Crippen molar-refractivity contribution in [2.45, 2.75) is 25.5 Å². The zero-order valence-corrected chi connectivity index (χ0v) is 17.5. The zero-order chi connectivity index (χ0) is 21.6. The van der Waals surface area contributed by atoms with Gasteiger partial charge in [-0.25, -0.2) is 9.18 Å². The van der Waals surface area contributed by atoms with Gasteiger partial charge >= 0.3 is 6.09 Å². The molecule has 31 heavy (non-hydrogen) atoms. The number of hydrogen-bond acceptors (Lipinski definition) is 5. The van der Waals surface area contributed by atoms with E-state index in [1.54, 1.807) is 11.0 Å². The predicted octanol–water partition coefficient (Wildman–Crippen LogP) is 3.62. The number of amides is 1. The zero-order valence-electron chi connectivity index (χ0n) is 17.5. The van der Waals surface area contributed by atoms with Crippen LogP contribution in [0.3, 0.4) is 0 Å². The lowest BCUT2D eigenvalue weighted by atomic mass is 10.1. The summed E-state index contributed by atoms with van der Waals surface area (Å²) in [6, 6.07) is 16.7. The van der Waals surface area contributed by atoms with Crippen molar-refractivity contribution < 1.29 is 13.9 Å². The van der Waals surface area contributed by atoms with E-state index in [0.717, 1.165) is 32.5 Å². The molecule has 2 fully saturated rings. The van der Waals surface area contributed by atoms with Crippen molar-refractivity contribution in [2.24, 2.45) is 0 Å². The number of rotatable bonds is 4. The fourth-order valence-electron chi connectivity index (χ4n) is 4.21. The Morgan fingerprint density at radius 2 is 1.74 bits per heavy atom. The summed E-state index contributed by atoms with van der Waals surface area (Å²) in [4.78, 5) is 18.7. The number of anilines is 1. The van der Waals surface area contributed by atoms with Crippen LogP contribution in [0.2, 0.25) is 0 Å². The van der Waals surface area contributed by atoms with Crippen LogP contribution in [0.5, 0.6) is 0 Å². The van der Waals surface area contributed by atoms with Crippen LogP contribution >= 0.6 is 0 Å². The summed E-state index contributed by atoms with van der Waals surface area (Å²) in [6.07, 6.45) is 1.38. The van der Waals surface area contributed by atoms with Gasteiger partial charge in [0, 0.05) is 51.5 Å². The minimum atomic E-state index is -0.422. The molecule has 0 aromatic heterocycles. The SMILES string of the molecule is N#Cc1cc(F)cc(N2CCN(C(=O)OC3CCN(Cc4ccccc4)CC3)CC2)c1. The smallest absolute Gasteiger partial charge is 0.410 e. The topological polar surface area (TPSA) is 59.8 Å². The van der Waals surface area contributed by atoms with E-state index in [0.29, 0.717) is 37.4 Å². The lowest BCUT2D eigenvalue weighted by Gasteiger charge is -2.37. The van der Waals surface area contributed by atoms with Gasteiger partial charge in [-0.15, -0.1) is 0 Å². The van der Waals surface area contributed by atoms with Gasteiger partial charge in [-0.2, -0.15) is 5.26 Å². The number of piperazine rings is 1. The third-order valence-electron chi connectivity index (χ3n) is 5.97. The molecule has 2 aromatic carbocycles. The van der Waals surface area contributed by atoms with Gasteiger partial charge in [0.15, 0.2) is 0 Å². The van der Waals surface area contributed by atoms with Gasteiger partial charge in [0.1, 0.15) is 11.9 Å². The third-order valence-corrected chi connectivity index (χ3v) is 5.97. The van der Waals surface area contributed by atoms with Crippen LogP contribution in [-0.4, -0.2) is 61.3 Å². The van der Waals surface area contributed by atoms with Crippen LogP contribution in [0, 0.1) is 17.1 Å². The first kappa shape index (κ1) is 21.1. The highest BCUT2D eigenvalue weighted by molar-refractivity contribution is 5.68. The largest absolute Gasteiger partial charge is 0.446 e. The summed E-state index contributed by atoms with van der Waals surface area (Å²) in [7, 11) is 0.